The quantitative estimate of drug-likeness (QED) is 0.327. The maximum atomic E-state index is 13.5. The van der Waals surface area contributed by atoms with Gasteiger partial charge >= 0.3 is 11.9 Å². The first-order valence-corrected chi connectivity index (χ1v) is 13.8. The first-order chi connectivity index (χ1) is 17.7. The van der Waals surface area contributed by atoms with Gasteiger partial charge in [-0.25, -0.2) is 4.79 Å². The van der Waals surface area contributed by atoms with Crippen LogP contribution in [-0.4, -0.2) is 63.6 Å². The number of esters is 2. The molecule has 8 nitrogen and oxygen atoms in total. The third-order valence-corrected chi connectivity index (χ3v) is 11.5. The fourth-order valence-corrected chi connectivity index (χ4v) is 9.14. The summed E-state index contributed by atoms with van der Waals surface area (Å²) in [7, 11) is 0. The lowest BCUT2D eigenvalue weighted by atomic mass is 9.42. The molecule has 206 valence electrons. The van der Waals surface area contributed by atoms with Crippen molar-refractivity contribution in [2.24, 2.45) is 28.6 Å². The minimum Gasteiger partial charge on any atom is -0.458 e. The molecule has 8 heteroatoms. The summed E-state index contributed by atoms with van der Waals surface area (Å²) in [6.45, 7) is 10.9. The van der Waals surface area contributed by atoms with E-state index in [0.29, 0.717) is 31.3 Å². The number of hydrogen-bond acceptors (Lipinski definition) is 8. The number of aliphatic hydroxyl groups is 2. The maximum Gasteiger partial charge on any atom is 0.333 e. The number of carbonyl (C=O) groups excluding carboxylic acids is 3. The van der Waals surface area contributed by atoms with E-state index >= 15 is 0 Å². The molecule has 6 rings (SSSR count). The fourth-order valence-electron chi connectivity index (χ4n) is 9.14. The Balaban J connectivity index is 1.42. The highest BCUT2D eigenvalue weighted by molar-refractivity contribution is 5.98. The highest BCUT2D eigenvalue weighted by Crippen LogP contribution is 2.73. The summed E-state index contributed by atoms with van der Waals surface area (Å²) in [5.41, 5.74) is -1.70. The second-order valence-corrected chi connectivity index (χ2v) is 12.9. The molecule has 0 aromatic heterocycles. The largest absolute Gasteiger partial charge is 0.458 e. The van der Waals surface area contributed by atoms with Gasteiger partial charge in [0.2, 0.25) is 0 Å². The monoisotopic (exact) mass is 526 g/mol. The molecule has 0 bridgehead atoms. The van der Waals surface area contributed by atoms with Crippen molar-refractivity contribution in [2.75, 3.05) is 0 Å². The second-order valence-electron chi connectivity index (χ2n) is 12.9. The van der Waals surface area contributed by atoms with E-state index in [-0.39, 0.29) is 29.7 Å². The zero-order valence-electron chi connectivity index (χ0n) is 22.9. The van der Waals surface area contributed by atoms with Crippen LogP contribution in [0.3, 0.4) is 0 Å². The number of ether oxygens (including phenoxy) is 3. The molecule has 0 aromatic rings. The highest BCUT2D eigenvalue weighted by Gasteiger charge is 2.82. The number of ketones is 1. The average Bonchev–Trinajstić information content (AvgIpc) is 3.55. The molecular weight excluding hydrogens is 488 g/mol. The summed E-state index contributed by atoms with van der Waals surface area (Å²) >= 11 is 0. The molecule has 1 saturated heterocycles. The van der Waals surface area contributed by atoms with Crippen molar-refractivity contribution in [1.29, 1.82) is 0 Å². The Morgan fingerprint density at radius 1 is 1.21 bits per heavy atom. The summed E-state index contributed by atoms with van der Waals surface area (Å²) in [6, 6.07) is 0. The molecule has 2 saturated carbocycles. The minimum atomic E-state index is -1.49. The standard InChI is InChI=1S/C30H38O8/c1-14-11-21(37-26(34)15(14)2)16(3)19-12-24(36-17(4)31)29(35)20-13-25-30(38-25)23(33)8-7-22(32)28(30,6)18(20)9-10-27(19,29)5/h7-8,12,16,18,20-21,23-25,33,35H,9-11,13H2,1-6H3/t16-,18-,20+,21+,23-,24-,25+,27+,28-,29+,30+/m0/s1. The molecule has 1 spiro atoms. The van der Waals surface area contributed by atoms with Gasteiger partial charge in [-0.3, -0.25) is 9.59 Å². The number of rotatable bonds is 3. The summed E-state index contributed by atoms with van der Waals surface area (Å²) in [5.74, 6) is -1.81. The van der Waals surface area contributed by atoms with Crippen LogP contribution in [0.4, 0.5) is 0 Å². The summed E-state index contributed by atoms with van der Waals surface area (Å²) < 4.78 is 17.8. The lowest BCUT2D eigenvalue weighted by molar-refractivity contribution is -0.224. The molecule has 4 aliphatic carbocycles. The van der Waals surface area contributed by atoms with Crippen LogP contribution in [0, 0.1) is 28.6 Å². The number of aliphatic hydroxyl groups excluding tert-OH is 1. The van der Waals surface area contributed by atoms with E-state index in [4.69, 9.17) is 14.2 Å². The number of epoxide rings is 1. The lowest BCUT2D eigenvalue weighted by Crippen LogP contribution is -2.70. The summed E-state index contributed by atoms with van der Waals surface area (Å²) in [5, 5.41) is 23.8. The topological polar surface area (TPSA) is 123 Å². The van der Waals surface area contributed by atoms with Crippen molar-refractivity contribution in [3.8, 4) is 0 Å². The van der Waals surface area contributed by atoms with E-state index in [1.54, 1.807) is 6.92 Å². The number of fused-ring (bicyclic) bond motifs is 4. The van der Waals surface area contributed by atoms with Crippen LogP contribution in [0.2, 0.25) is 0 Å². The molecule has 2 N–H and O–H groups in total. The molecule has 11 atom stereocenters. The van der Waals surface area contributed by atoms with Gasteiger partial charge in [0.25, 0.3) is 0 Å². The first-order valence-electron chi connectivity index (χ1n) is 13.8. The van der Waals surface area contributed by atoms with Gasteiger partial charge in [-0.15, -0.1) is 0 Å². The molecule has 6 aliphatic rings. The van der Waals surface area contributed by atoms with Crippen molar-refractivity contribution in [1.82, 2.24) is 0 Å². The molecule has 38 heavy (non-hydrogen) atoms. The molecular formula is C30H38O8. The molecule has 2 heterocycles. The van der Waals surface area contributed by atoms with E-state index in [0.717, 1.165) is 11.1 Å². The van der Waals surface area contributed by atoms with E-state index in [2.05, 4.69) is 0 Å². The molecule has 2 aliphatic heterocycles. The van der Waals surface area contributed by atoms with Gasteiger partial charge in [-0.2, -0.15) is 0 Å². The van der Waals surface area contributed by atoms with Crippen LogP contribution in [0.15, 0.2) is 34.9 Å². The Morgan fingerprint density at radius 3 is 2.58 bits per heavy atom. The van der Waals surface area contributed by atoms with Crippen LogP contribution < -0.4 is 0 Å². The van der Waals surface area contributed by atoms with Gasteiger partial charge in [0.1, 0.15) is 29.5 Å². The number of hydrogen-bond donors (Lipinski definition) is 2. The van der Waals surface area contributed by atoms with Crippen LogP contribution in [-0.2, 0) is 28.6 Å². The van der Waals surface area contributed by atoms with E-state index < -0.39 is 52.2 Å². The molecule has 0 unspecified atom stereocenters. The summed E-state index contributed by atoms with van der Waals surface area (Å²) in [6.07, 6.45) is 4.53. The van der Waals surface area contributed by atoms with E-state index in [1.165, 1.54) is 19.1 Å². The molecule has 3 fully saturated rings. The Hall–Kier alpha value is -2.29. The molecule has 0 amide bonds. The number of allylic oxidation sites excluding steroid dienone is 1. The second kappa shape index (κ2) is 7.89. The van der Waals surface area contributed by atoms with E-state index in [9.17, 15) is 24.6 Å². The molecule has 0 radical (unpaired) electrons. The Bertz CT molecular complexity index is 1230. The highest BCUT2D eigenvalue weighted by atomic mass is 16.6. The third-order valence-electron chi connectivity index (χ3n) is 11.5. The van der Waals surface area contributed by atoms with Gasteiger partial charge in [-0.05, 0) is 70.1 Å². The lowest BCUT2D eigenvalue weighted by Gasteiger charge is -2.61. The predicted octanol–water partition coefficient (Wildman–Crippen LogP) is 2.96. The van der Waals surface area contributed by atoms with Gasteiger partial charge < -0.3 is 24.4 Å². The van der Waals surface area contributed by atoms with Crippen LogP contribution in [0.1, 0.15) is 67.2 Å². The van der Waals surface area contributed by atoms with Crippen molar-refractivity contribution in [3.05, 3.63) is 34.9 Å². The zero-order valence-corrected chi connectivity index (χ0v) is 22.9. The Kier molecular flexibility index (Phi) is 5.39. The van der Waals surface area contributed by atoms with Gasteiger partial charge in [0.15, 0.2) is 5.78 Å². The van der Waals surface area contributed by atoms with Gasteiger partial charge in [-0.1, -0.05) is 25.0 Å². The van der Waals surface area contributed by atoms with Crippen molar-refractivity contribution < 1.29 is 38.8 Å². The average molecular weight is 527 g/mol. The molecule has 0 aromatic carbocycles. The zero-order chi connectivity index (χ0) is 27.6. The normalized spacial score (nSPS) is 49.7. The maximum absolute atomic E-state index is 13.5. The van der Waals surface area contributed by atoms with E-state index in [1.807, 2.05) is 33.8 Å². The predicted molar refractivity (Wildman–Crippen MR) is 135 cm³/mol. The smallest absolute Gasteiger partial charge is 0.333 e. The number of carbonyl (C=O) groups is 3. The number of cyclic esters (lactones) is 1. The van der Waals surface area contributed by atoms with Crippen LogP contribution in [0.25, 0.3) is 0 Å². The van der Waals surface area contributed by atoms with Crippen molar-refractivity contribution in [2.45, 2.75) is 103 Å². The summed E-state index contributed by atoms with van der Waals surface area (Å²) in [4.78, 5) is 38.3. The van der Waals surface area contributed by atoms with Gasteiger partial charge in [0.05, 0.1) is 11.5 Å². The SMILES string of the molecule is CC(=O)O[C@H]1C=C([C@H](C)[C@H]2CC(C)=C(C)C(=O)O2)[C@@]2(C)CC[C@H]3[C@@H](C[C@H]4O[C@]45[C@@H](O)C=CC(=O)[C@]35C)[C@@]12O. The Labute approximate surface area is 223 Å². The van der Waals surface area contributed by atoms with Crippen LogP contribution >= 0.6 is 0 Å². The first kappa shape index (κ1) is 26.0. The minimum absolute atomic E-state index is 0.0949. The van der Waals surface area contributed by atoms with Crippen LogP contribution in [0.5, 0.6) is 0 Å². The van der Waals surface area contributed by atoms with Gasteiger partial charge in [0, 0.05) is 30.3 Å². The fraction of sp³-hybridized carbons (Fsp3) is 0.700. The van der Waals surface area contributed by atoms with Crippen molar-refractivity contribution in [3.63, 3.8) is 0 Å². The van der Waals surface area contributed by atoms with Crippen molar-refractivity contribution >= 4 is 17.7 Å². The Morgan fingerprint density at radius 2 is 1.92 bits per heavy atom. The third kappa shape index (κ3) is 2.89.